The van der Waals surface area contributed by atoms with Crippen LogP contribution in [0.5, 0.6) is 0 Å². The average Bonchev–Trinajstić information content (AvgIpc) is 2.94. The summed E-state index contributed by atoms with van der Waals surface area (Å²) in [6, 6.07) is 0. The third-order valence-corrected chi connectivity index (χ3v) is 4.82. The van der Waals surface area contributed by atoms with Gasteiger partial charge in [0.05, 0.1) is 12.0 Å². The molecule has 5 heteroatoms. The van der Waals surface area contributed by atoms with E-state index < -0.39 is 17.7 Å². The molecular formula is C19H24O5. The smallest absolute Gasteiger partial charge is 0.334 e. The Morgan fingerprint density at radius 2 is 2.12 bits per heavy atom. The van der Waals surface area contributed by atoms with E-state index in [9.17, 15) is 9.59 Å². The van der Waals surface area contributed by atoms with E-state index in [0.717, 1.165) is 5.57 Å². The lowest BCUT2D eigenvalue weighted by Gasteiger charge is -2.32. The predicted octanol–water partition coefficient (Wildman–Crippen LogP) is 2.72. The van der Waals surface area contributed by atoms with Crippen LogP contribution in [0.15, 0.2) is 35.6 Å². The highest BCUT2D eigenvalue weighted by Crippen LogP contribution is 2.42. The number of carbonyl (C=O) groups is 2. The zero-order valence-electron chi connectivity index (χ0n) is 14.6. The van der Waals surface area contributed by atoms with Crippen LogP contribution in [0.25, 0.3) is 0 Å². The lowest BCUT2D eigenvalue weighted by atomic mass is 9.82. The van der Waals surface area contributed by atoms with Gasteiger partial charge in [-0.2, -0.15) is 0 Å². The molecule has 24 heavy (non-hydrogen) atoms. The van der Waals surface area contributed by atoms with E-state index in [1.807, 2.05) is 13.0 Å². The van der Waals surface area contributed by atoms with Gasteiger partial charge in [0.25, 0.3) is 0 Å². The Morgan fingerprint density at radius 3 is 2.79 bits per heavy atom. The summed E-state index contributed by atoms with van der Waals surface area (Å²) >= 11 is 0. The molecule has 5 nitrogen and oxygen atoms in total. The van der Waals surface area contributed by atoms with E-state index in [1.54, 1.807) is 6.92 Å². The molecule has 2 bridgehead atoms. The van der Waals surface area contributed by atoms with Crippen LogP contribution in [0.4, 0.5) is 0 Å². The zero-order chi connectivity index (χ0) is 17.6. The third-order valence-electron chi connectivity index (χ3n) is 4.82. The number of hydrogen-bond donors (Lipinski definition) is 0. The predicted molar refractivity (Wildman–Crippen MR) is 88.0 cm³/mol. The maximum atomic E-state index is 12.5. The van der Waals surface area contributed by atoms with Gasteiger partial charge in [0.15, 0.2) is 5.60 Å². The quantitative estimate of drug-likeness (QED) is 0.587. The maximum Gasteiger partial charge on any atom is 0.334 e. The van der Waals surface area contributed by atoms with E-state index in [2.05, 4.69) is 20.4 Å². The van der Waals surface area contributed by atoms with E-state index in [1.165, 1.54) is 6.08 Å². The molecule has 0 saturated carbocycles. The Hall–Kier alpha value is -1.88. The molecule has 0 amide bonds. The summed E-state index contributed by atoms with van der Waals surface area (Å²) in [5.41, 5.74) is 0.210. The molecule has 0 radical (unpaired) electrons. The van der Waals surface area contributed by atoms with Crippen molar-refractivity contribution in [3.05, 3.63) is 35.6 Å². The van der Waals surface area contributed by atoms with Gasteiger partial charge in [0.1, 0.15) is 11.9 Å². The summed E-state index contributed by atoms with van der Waals surface area (Å²) in [5.74, 6) is 0.101. The van der Waals surface area contributed by atoms with Crippen LogP contribution in [0.1, 0.15) is 34.1 Å². The van der Waals surface area contributed by atoms with Crippen molar-refractivity contribution in [1.29, 1.82) is 0 Å². The van der Waals surface area contributed by atoms with Crippen molar-refractivity contribution in [3.8, 4) is 0 Å². The van der Waals surface area contributed by atoms with Gasteiger partial charge in [-0.25, -0.2) is 4.79 Å². The van der Waals surface area contributed by atoms with Gasteiger partial charge in [0, 0.05) is 24.7 Å². The van der Waals surface area contributed by atoms with Crippen LogP contribution < -0.4 is 0 Å². The molecule has 1 saturated heterocycles. The molecule has 4 atom stereocenters. The summed E-state index contributed by atoms with van der Waals surface area (Å²) < 4.78 is 17.5. The Bertz CT molecular complexity index is 657. The summed E-state index contributed by atoms with van der Waals surface area (Å²) in [7, 11) is 0. The first kappa shape index (κ1) is 17.0. The van der Waals surface area contributed by atoms with Crippen LogP contribution in [0, 0.1) is 11.8 Å². The highest BCUT2D eigenvalue weighted by atomic mass is 16.6. The van der Waals surface area contributed by atoms with Crippen LogP contribution in [-0.4, -0.2) is 36.2 Å². The molecule has 3 aliphatic heterocycles. The van der Waals surface area contributed by atoms with E-state index in [4.69, 9.17) is 14.2 Å². The molecule has 0 aromatic carbocycles. The number of hydrogen-bond acceptors (Lipinski definition) is 5. The monoisotopic (exact) mass is 332 g/mol. The minimum Gasteiger partial charge on any atom is -0.479 e. The van der Waals surface area contributed by atoms with E-state index in [0.29, 0.717) is 30.3 Å². The van der Waals surface area contributed by atoms with Gasteiger partial charge >= 0.3 is 5.97 Å². The van der Waals surface area contributed by atoms with Gasteiger partial charge in [0.2, 0.25) is 5.78 Å². The number of esters is 1. The molecule has 0 aromatic heterocycles. The summed E-state index contributed by atoms with van der Waals surface area (Å²) in [6.07, 6.45) is 2.90. The largest absolute Gasteiger partial charge is 0.479 e. The lowest BCUT2D eigenvalue weighted by Crippen LogP contribution is -2.42. The second-order valence-corrected chi connectivity index (χ2v) is 7.45. The number of rotatable bonds is 3. The second-order valence-electron chi connectivity index (χ2n) is 7.45. The van der Waals surface area contributed by atoms with Crippen molar-refractivity contribution in [1.82, 2.24) is 0 Å². The number of ketones is 1. The fourth-order valence-corrected chi connectivity index (χ4v) is 3.43. The molecule has 1 fully saturated rings. The van der Waals surface area contributed by atoms with Gasteiger partial charge in [-0.3, -0.25) is 4.79 Å². The van der Waals surface area contributed by atoms with Crippen LogP contribution in [-0.2, 0) is 23.8 Å². The normalized spacial score (nSPS) is 35.5. The number of ether oxygens (including phenoxy) is 3. The Labute approximate surface area is 142 Å². The standard InChI is InChI=1S/C19H24O5/c1-10(2)9-22-15-8-19(5)16(20)7-13(24-19)11(3)6-14-17(15)12(4)18(21)23-14/h6-7,10,14-15,17H,4,8-9H2,1-3,5H3. The summed E-state index contributed by atoms with van der Waals surface area (Å²) in [6.45, 7) is 12.2. The number of allylic oxidation sites excluding steroid dienone is 1. The number of fused-ring (bicyclic) bond motifs is 3. The van der Waals surface area contributed by atoms with Gasteiger partial charge in [-0.15, -0.1) is 0 Å². The molecule has 0 aliphatic carbocycles. The van der Waals surface area contributed by atoms with Gasteiger partial charge in [-0.05, 0) is 31.4 Å². The first-order chi connectivity index (χ1) is 11.2. The molecule has 3 aliphatic rings. The van der Waals surface area contributed by atoms with Crippen LogP contribution >= 0.6 is 0 Å². The van der Waals surface area contributed by atoms with Crippen molar-refractivity contribution in [2.45, 2.75) is 51.9 Å². The van der Waals surface area contributed by atoms with Crippen LogP contribution in [0.3, 0.4) is 0 Å². The Kier molecular flexibility index (Phi) is 4.16. The van der Waals surface area contributed by atoms with E-state index in [-0.39, 0.29) is 17.8 Å². The summed E-state index contributed by atoms with van der Waals surface area (Å²) in [5, 5.41) is 0. The fourth-order valence-electron chi connectivity index (χ4n) is 3.43. The van der Waals surface area contributed by atoms with Crippen molar-refractivity contribution >= 4 is 11.8 Å². The molecule has 4 unspecified atom stereocenters. The maximum absolute atomic E-state index is 12.5. The third kappa shape index (κ3) is 2.81. The molecule has 0 aromatic rings. The first-order valence-corrected chi connectivity index (χ1v) is 8.36. The average molecular weight is 332 g/mol. The highest BCUT2D eigenvalue weighted by molar-refractivity contribution is 6.00. The van der Waals surface area contributed by atoms with Crippen LogP contribution in [0.2, 0.25) is 0 Å². The molecule has 3 rings (SSSR count). The molecule has 3 heterocycles. The summed E-state index contributed by atoms with van der Waals surface area (Å²) in [4.78, 5) is 24.5. The molecule has 0 N–H and O–H groups in total. The lowest BCUT2D eigenvalue weighted by molar-refractivity contribution is -0.139. The van der Waals surface area contributed by atoms with E-state index >= 15 is 0 Å². The molecular weight excluding hydrogens is 308 g/mol. The molecule has 0 spiro atoms. The zero-order valence-corrected chi connectivity index (χ0v) is 14.6. The SMILES string of the molecule is C=C1C(=O)OC2C=C(C)C3=CC(=O)C(C)(CC(OCC(C)C)C12)O3. The van der Waals surface area contributed by atoms with Crippen molar-refractivity contribution < 1.29 is 23.8 Å². The molecule has 130 valence electrons. The van der Waals surface area contributed by atoms with Crippen molar-refractivity contribution in [2.75, 3.05) is 6.61 Å². The Morgan fingerprint density at radius 1 is 1.42 bits per heavy atom. The minimum absolute atomic E-state index is 0.0716. The minimum atomic E-state index is -0.979. The fraction of sp³-hybridized carbons (Fsp3) is 0.579. The topological polar surface area (TPSA) is 61.8 Å². The van der Waals surface area contributed by atoms with Crippen molar-refractivity contribution in [2.24, 2.45) is 11.8 Å². The first-order valence-electron chi connectivity index (χ1n) is 8.36. The van der Waals surface area contributed by atoms with Crippen molar-refractivity contribution in [3.63, 3.8) is 0 Å². The van der Waals surface area contributed by atoms with Gasteiger partial charge in [-0.1, -0.05) is 20.4 Å². The second kappa shape index (κ2) is 5.88. The number of carbonyl (C=O) groups excluding carboxylic acids is 2. The Balaban J connectivity index is 2.02. The highest BCUT2D eigenvalue weighted by Gasteiger charge is 2.50. The van der Waals surface area contributed by atoms with Gasteiger partial charge < -0.3 is 14.2 Å².